The normalized spacial score (nSPS) is 12.4. The summed E-state index contributed by atoms with van der Waals surface area (Å²) in [6.07, 6.45) is 2.20. The van der Waals surface area contributed by atoms with Crippen LogP contribution in [0.25, 0.3) is 0 Å². The summed E-state index contributed by atoms with van der Waals surface area (Å²) in [6.45, 7) is 2.08. The summed E-state index contributed by atoms with van der Waals surface area (Å²) in [5, 5.41) is 8.77. The molecular weight excluding hydrogens is 176 g/mol. The molecule has 1 aromatic rings. The van der Waals surface area contributed by atoms with E-state index in [0.29, 0.717) is 0 Å². The van der Waals surface area contributed by atoms with E-state index in [-0.39, 0.29) is 12.3 Å². The molecule has 0 aliphatic rings. The second kappa shape index (κ2) is 5.43. The van der Waals surface area contributed by atoms with Crippen molar-refractivity contribution in [3.63, 3.8) is 0 Å². The van der Waals surface area contributed by atoms with Crippen molar-refractivity contribution in [3.8, 4) is 0 Å². The van der Waals surface area contributed by atoms with Crippen LogP contribution >= 0.6 is 0 Å². The second-order valence-electron chi connectivity index (χ2n) is 3.49. The highest BCUT2D eigenvalue weighted by atomic mass is 16.4. The SMILES string of the molecule is CCC[C@H](CC(=O)O)c1ccccc1. The van der Waals surface area contributed by atoms with Crippen molar-refractivity contribution in [3.05, 3.63) is 35.9 Å². The monoisotopic (exact) mass is 192 g/mol. The Morgan fingerprint density at radius 3 is 2.50 bits per heavy atom. The molecule has 0 aromatic heterocycles. The number of carboxylic acid groups (broad SMARTS) is 1. The molecule has 76 valence electrons. The van der Waals surface area contributed by atoms with Gasteiger partial charge >= 0.3 is 5.97 Å². The highest BCUT2D eigenvalue weighted by molar-refractivity contribution is 5.68. The fourth-order valence-electron chi connectivity index (χ4n) is 1.67. The molecule has 0 saturated heterocycles. The zero-order chi connectivity index (χ0) is 10.4. The Kier molecular flexibility index (Phi) is 4.17. The van der Waals surface area contributed by atoms with Gasteiger partial charge in [-0.05, 0) is 17.9 Å². The number of aliphatic carboxylic acids is 1. The smallest absolute Gasteiger partial charge is 0.303 e. The van der Waals surface area contributed by atoms with Crippen molar-refractivity contribution in [2.75, 3.05) is 0 Å². The minimum atomic E-state index is -0.715. The third kappa shape index (κ3) is 3.21. The van der Waals surface area contributed by atoms with Gasteiger partial charge in [-0.25, -0.2) is 0 Å². The predicted octanol–water partition coefficient (Wildman–Crippen LogP) is 3.05. The first-order valence-electron chi connectivity index (χ1n) is 5.00. The molecule has 0 radical (unpaired) electrons. The average molecular weight is 192 g/mol. The minimum absolute atomic E-state index is 0.165. The summed E-state index contributed by atoms with van der Waals surface area (Å²) < 4.78 is 0. The Morgan fingerprint density at radius 1 is 1.36 bits per heavy atom. The molecular formula is C12H16O2. The third-order valence-electron chi connectivity index (χ3n) is 2.33. The van der Waals surface area contributed by atoms with Crippen molar-refractivity contribution >= 4 is 5.97 Å². The maximum absolute atomic E-state index is 10.7. The van der Waals surface area contributed by atoms with E-state index in [9.17, 15) is 4.79 Å². The molecule has 0 saturated carbocycles. The predicted molar refractivity (Wildman–Crippen MR) is 56.3 cm³/mol. The van der Waals surface area contributed by atoms with Gasteiger partial charge in [0.05, 0.1) is 6.42 Å². The van der Waals surface area contributed by atoms with Gasteiger partial charge < -0.3 is 5.11 Å². The van der Waals surface area contributed by atoms with Crippen molar-refractivity contribution in [1.29, 1.82) is 0 Å². The molecule has 0 fully saturated rings. The van der Waals surface area contributed by atoms with Crippen LogP contribution in [0.2, 0.25) is 0 Å². The van der Waals surface area contributed by atoms with Crippen LogP contribution in [-0.2, 0) is 4.79 Å². The van der Waals surface area contributed by atoms with Crippen LogP contribution in [0.1, 0.15) is 37.7 Å². The molecule has 0 spiro atoms. The lowest BCUT2D eigenvalue weighted by molar-refractivity contribution is -0.137. The van der Waals surface area contributed by atoms with Crippen molar-refractivity contribution in [2.24, 2.45) is 0 Å². The fourth-order valence-corrected chi connectivity index (χ4v) is 1.67. The van der Waals surface area contributed by atoms with Gasteiger partial charge in [-0.2, -0.15) is 0 Å². The molecule has 0 aliphatic heterocycles. The van der Waals surface area contributed by atoms with Crippen LogP contribution < -0.4 is 0 Å². The van der Waals surface area contributed by atoms with Gasteiger partial charge in [-0.1, -0.05) is 43.7 Å². The van der Waals surface area contributed by atoms with E-state index in [4.69, 9.17) is 5.11 Å². The lowest BCUT2D eigenvalue weighted by Gasteiger charge is -2.13. The van der Waals surface area contributed by atoms with Crippen molar-refractivity contribution in [1.82, 2.24) is 0 Å². The number of carboxylic acids is 1. The molecule has 0 amide bonds. The van der Waals surface area contributed by atoms with Gasteiger partial charge in [0.15, 0.2) is 0 Å². The molecule has 0 heterocycles. The van der Waals surface area contributed by atoms with Crippen LogP contribution in [-0.4, -0.2) is 11.1 Å². The first kappa shape index (κ1) is 10.8. The molecule has 14 heavy (non-hydrogen) atoms. The van der Waals surface area contributed by atoms with Crippen LogP contribution in [0, 0.1) is 0 Å². The second-order valence-corrected chi connectivity index (χ2v) is 3.49. The van der Waals surface area contributed by atoms with E-state index >= 15 is 0 Å². The van der Waals surface area contributed by atoms with Gasteiger partial charge in [0.1, 0.15) is 0 Å². The molecule has 1 N–H and O–H groups in total. The first-order chi connectivity index (χ1) is 6.74. The number of hydrogen-bond acceptors (Lipinski definition) is 1. The van der Waals surface area contributed by atoms with Gasteiger partial charge in [0.25, 0.3) is 0 Å². The Morgan fingerprint density at radius 2 is 2.00 bits per heavy atom. The zero-order valence-corrected chi connectivity index (χ0v) is 8.44. The lowest BCUT2D eigenvalue weighted by Crippen LogP contribution is -2.05. The Hall–Kier alpha value is -1.31. The topological polar surface area (TPSA) is 37.3 Å². The van der Waals surface area contributed by atoms with E-state index < -0.39 is 5.97 Å². The molecule has 1 rings (SSSR count). The largest absolute Gasteiger partial charge is 0.481 e. The maximum atomic E-state index is 10.7. The molecule has 0 bridgehead atoms. The summed E-state index contributed by atoms with van der Waals surface area (Å²) in [6, 6.07) is 9.87. The highest BCUT2D eigenvalue weighted by Crippen LogP contribution is 2.24. The standard InChI is InChI=1S/C12H16O2/c1-2-6-11(9-12(13)14)10-7-4-3-5-8-10/h3-5,7-8,11H,2,6,9H2,1H3,(H,13,14)/t11-/m1/s1. The Labute approximate surface area is 84.6 Å². The Bertz CT molecular complexity index is 280. The van der Waals surface area contributed by atoms with Crippen LogP contribution in [0.3, 0.4) is 0 Å². The zero-order valence-electron chi connectivity index (χ0n) is 8.44. The average Bonchev–Trinajstić information content (AvgIpc) is 2.18. The first-order valence-corrected chi connectivity index (χ1v) is 5.00. The van der Waals surface area contributed by atoms with Crippen LogP contribution in [0.15, 0.2) is 30.3 Å². The van der Waals surface area contributed by atoms with Crippen LogP contribution in [0.5, 0.6) is 0 Å². The molecule has 2 nitrogen and oxygen atoms in total. The van der Waals surface area contributed by atoms with E-state index in [1.54, 1.807) is 0 Å². The van der Waals surface area contributed by atoms with E-state index in [1.165, 1.54) is 0 Å². The summed E-state index contributed by atoms with van der Waals surface area (Å²) in [5.74, 6) is -0.550. The number of benzene rings is 1. The number of rotatable bonds is 5. The molecule has 0 unspecified atom stereocenters. The van der Waals surface area contributed by atoms with Crippen molar-refractivity contribution < 1.29 is 9.90 Å². The van der Waals surface area contributed by atoms with Crippen molar-refractivity contribution in [2.45, 2.75) is 32.1 Å². The summed E-state index contributed by atoms with van der Waals surface area (Å²) in [4.78, 5) is 10.7. The fraction of sp³-hybridized carbons (Fsp3) is 0.417. The van der Waals surface area contributed by atoms with Gasteiger partial charge in [0.2, 0.25) is 0 Å². The summed E-state index contributed by atoms with van der Waals surface area (Å²) in [7, 11) is 0. The maximum Gasteiger partial charge on any atom is 0.303 e. The molecule has 1 aromatic carbocycles. The summed E-state index contributed by atoms with van der Waals surface area (Å²) in [5.41, 5.74) is 1.14. The third-order valence-corrected chi connectivity index (χ3v) is 2.33. The minimum Gasteiger partial charge on any atom is -0.481 e. The Balaban J connectivity index is 2.72. The van der Waals surface area contributed by atoms with Gasteiger partial charge in [0, 0.05) is 0 Å². The molecule has 1 atom stereocenters. The highest BCUT2D eigenvalue weighted by Gasteiger charge is 2.13. The van der Waals surface area contributed by atoms with E-state index in [0.717, 1.165) is 18.4 Å². The quantitative estimate of drug-likeness (QED) is 0.778. The number of carbonyl (C=O) groups is 1. The van der Waals surface area contributed by atoms with E-state index in [1.807, 2.05) is 30.3 Å². The van der Waals surface area contributed by atoms with Crippen LogP contribution in [0.4, 0.5) is 0 Å². The molecule has 2 heteroatoms. The van der Waals surface area contributed by atoms with E-state index in [2.05, 4.69) is 6.92 Å². The molecule has 0 aliphatic carbocycles. The summed E-state index contributed by atoms with van der Waals surface area (Å²) >= 11 is 0. The van der Waals surface area contributed by atoms with Gasteiger partial charge in [-0.15, -0.1) is 0 Å². The van der Waals surface area contributed by atoms with Gasteiger partial charge in [-0.3, -0.25) is 4.79 Å². The number of hydrogen-bond donors (Lipinski definition) is 1. The lowest BCUT2D eigenvalue weighted by atomic mass is 9.92.